The van der Waals surface area contributed by atoms with Crippen LogP contribution in [0.1, 0.15) is 18.4 Å². The molecule has 0 spiro atoms. The molecule has 120 valence electrons. The molecule has 2 aromatic carbocycles. The van der Waals surface area contributed by atoms with Crippen LogP contribution in [-0.4, -0.2) is 19.0 Å². The first-order chi connectivity index (χ1) is 11.1. The Morgan fingerprint density at radius 3 is 2.43 bits per heavy atom. The summed E-state index contributed by atoms with van der Waals surface area (Å²) in [5.74, 6) is 0.448. The molecule has 2 aromatic rings. The number of esters is 1. The number of rotatable bonds is 6. The second-order valence-corrected chi connectivity index (χ2v) is 5.07. The van der Waals surface area contributed by atoms with E-state index < -0.39 is 5.97 Å². The number of carbonyl (C=O) groups excluding carboxylic acids is 2. The Morgan fingerprint density at radius 1 is 1.00 bits per heavy atom. The number of benzene rings is 2. The van der Waals surface area contributed by atoms with Gasteiger partial charge in [0.15, 0.2) is 0 Å². The highest BCUT2D eigenvalue weighted by molar-refractivity contribution is 5.92. The fourth-order valence-corrected chi connectivity index (χ4v) is 1.93. The molecule has 0 bridgehead atoms. The van der Waals surface area contributed by atoms with Gasteiger partial charge in [0, 0.05) is 18.2 Å². The van der Waals surface area contributed by atoms with Crippen molar-refractivity contribution in [3.8, 4) is 11.5 Å². The highest BCUT2D eigenvalue weighted by Crippen LogP contribution is 2.17. The van der Waals surface area contributed by atoms with E-state index in [2.05, 4.69) is 5.32 Å². The third-order valence-electron chi connectivity index (χ3n) is 3.16. The molecule has 0 heterocycles. The minimum Gasteiger partial charge on any atom is -0.497 e. The van der Waals surface area contributed by atoms with E-state index in [0.29, 0.717) is 17.2 Å². The Morgan fingerprint density at radius 2 is 1.74 bits per heavy atom. The van der Waals surface area contributed by atoms with Crippen molar-refractivity contribution < 1.29 is 19.1 Å². The van der Waals surface area contributed by atoms with E-state index in [9.17, 15) is 9.59 Å². The molecular weight excluding hydrogens is 294 g/mol. The summed E-state index contributed by atoms with van der Waals surface area (Å²) in [5.41, 5.74) is 1.71. The predicted molar refractivity (Wildman–Crippen MR) is 87.7 cm³/mol. The van der Waals surface area contributed by atoms with Crippen LogP contribution in [0.2, 0.25) is 0 Å². The van der Waals surface area contributed by atoms with Gasteiger partial charge in [0.25, 0.3) is 0 Å². The SMILES string of the molecule is COc1cccc(NC(=O)CCC(=O)Oc2ccc(C)cc2)c1. The largest absolute Gasteiger partial charge is 0.497 e. The van der Waals surface area contributed by atoms with Crippen LogP contribution in [-0.2, 0) is 9.59 Å². The molecule has 0 aromatic heterocycles. The molecular formula is C18H19NO4. The molecule has 23 heavy (non-hydrogen) atoms. The lowest BCUT2D eigenvalue weighted by molar-refractivity contribution is -0.135. The van der Waals surface area contributed by atoms with Crippen LogP contribution in [0.4, 0.5) is 5.69 Å². The van der Waals surface area contributed by atoms with Gasteiger partial charge in [0.1, 0.15) is 11.5 Å². The van der Waals surface area contributed by atoms with E-state index in [0.717, 1.165) is 5.56 Å². The molecule has 2 rings (SSSR count). The summed E-state index contributed by atoms with van der Waals surface area (Å²) in [6.45, 7) is 1.95. The van der Waals surface area contributed by atoms with E-state index in [4.69, 9.17) is 9.47 Å². The summed E-state index contributed by atoms with van der Waals surface area (Å²) < 4.78 is 10.3. The van der Waals surface area contributed by atoms with Crippen molar-refractivity contribution in [1.29, 1.82) is 0 Å². The number of hydrogen-bond acceptors (Lipinski definition) is 4. The smallest absolute Gasteiger partial charge is 0.311 e. The molecule has 5 heteroatoms. The van der Waals surface area contributed by atoms with Crippen LogP contribution in [0.3, 0.4) is 0 Å². The maximum absolute atomic E-state index is 11.9. The zero-order valence-electron chi connectivity index (χ0n) is 13.2. The average Bonchev–Trinajstić information content (AvgIpc) is 2.55. The van der Waals surface area contributed by atoms with Crippen LogP contribution < -0.4 is 14.8 Å². The number of methoxy groups -OCH3 is 1. The van der Waals surface area contributed by atoms with Gasteiger partial charge in [-0.15, -0.1) is 0 Å². The molecule has 0 atom stereocenters. The second-order valence-electron chi connectivity index (χ2n) is 5.07. The van der Waals surface area contributed by atoms with Crippen LogP contribution in [0, 0.1) is 6.92 Å². The monoisotopic (exact) mass is 313 g/mol. The number of anilines is 1. The number of ether oxygens (including phenoxy) is 2. The van der Waals surface area contributed by atoms with Crippen LogP contribution in [0.25, 0.3) is 0 Å². The molecule has 5 nitrogen and oxygen atoms in total. The summed E-state index contributed by atoms with van der Waals surface area (Å²) in [4.78, 5) is 23.6. The molecule has 0 radical (unpaired) electrons. The van der Waals surface area contributed by atoms with Gasteiger partial charge in [-0.3, -0.25) is 9.59 Å². The number of aryl methyl sites for hydroxylation is 1. The topological polar surface area (TPSA) is 64.6 Å². The van der Waals surface area contributed by atoms with Crippen molar-refractivity contribution in [2.75, 3.05) is 12.4 Å². The zero-order valence-corrected chi connectivity index (χ0v) is 13.2. The molecule has 0 fully saturated rings. The highest BCUT2D eigenvalue weighted by atomic mass is 16.5. The van der Waals surface area contributed by atoms with E-state index in [1.165, 1.54) is 0 Å². The summed E-state index contributed by atoms with van der Waals surface area (Å²) in [5, 5.41) is 2.72. The quantitative estimate of drug-likeness (QED) is 0.656. The fourth-order valence-electron chi connectivity index (χ4n) is 1.93. The van der Waals surface area contributed by atoms with Crippen molar-refractivity contribution in [1.82, 2.24) is 0 Å². The van der Waals surface area contributed by atoms with Crippen LogP contribution in [0.5, 0.6) is 11.5 Å². The summed E-state index contributed by atoms with van der Waals surface area (Å²) >= 11 is 0. The van der Waals surface area contributed by atoms with E-state index >= 15 is 0 Å². The third kappa shape index (κ3) is 5.47. The van der Waals surface area contributed by atoms with Gasteiger partial charge in [0.05, 0.1) is 13.5 Å². The van der Waals surface area contributed by atoms with Crippen LogP contribution in [0.15, 0.2) is 48.5 Å². The number of hydrogen-bond donors (Lipinski definition) is 1. The van der Waals surface area contributed by atoms with Crippen molar-refractivity contribution in [2.45, 2.75) is 19.8 Å². The summed E-state index contributed by atoms with van der Waals surface area (Å²) in [6.07, 6.45) is 0.0750. The van der Waals surface area contributed by atoms with Gasteiger partial charge < -0.3 is 14.8 Å². The fraction of sp³-hybridized carbons (Fsp3) is 0.222. The minimum atomic E-state index is -0.436. The molecule has 0 aliphatic carbocycles. The average molecular weight is 313 g/mol. The lowest BCUT2D eigenvalue weighted by Crippen LogP contribution is -2.15. The van der Waals surface area contributed by atoms with E-state index in [1.807, 2.05) is 19.1 Å². The van der Waals surface area contributed by atoms with E-state index in [-0.39, 0.29) is 18.7 Å². The third-order valence-corrected chi connectivity index (χ3v) is 3.16. The standard InChI is InChI=1S/C18H19NO4/c1-13-6-8-15(9-7-13)23-18(21)11-10-17(20)19-14-4-3-5-16(12-14)22-2/h3-9,12H,10-11H2,1-2H3,(H,19,20). The maximum atomic E-state index is 11.9. The highest BCUT2D eigenvalue weighted by Gasteiger charge is 2.09. The Bertz CT molecular complexity index is 680. The predicted octanol–water partition coefficient (Wildman–Crippen LogP) is 3.33. The second kappa shape index (κ2) is 7.98. The van der Waals surface area contributed by atoms with Gasteiger partial charge >= 0.3 is 5.97 Å². The lowest BCUT2D eigenvalue weighted by atomic mass is 10.2. The van der Waals surface area contributed by atoms with Gasteiger partial charge in [0.2, 0.25) is 5.91 Å². The van der Waals surface area contributed by atoms with Crippen LogP contribution >= 0.6 is 0 Å². The molecule has 0 saturated heterocycles. The minimum absolute atomic E-state index is 0.0175. The Labute approximate surface area is 135 Å². The van der Waals surface area contributed by atoms with Gasteiger partial charge in [-0.2, -0.15) is 0 Å². The molecule has 0 aliphatic heterocycles. The molecule has 1 N–H and O–H groups in total. The molecule has 0 unspecified atom stereocenters. The number of carbonyl (C=O) groups is 2. The van der Waals surface area contributed by atoms with Crippen molar-refractivity contribution in [2.24, 2.45) is 0 Å². The Kier molecular flexibility index (Phi) is 5.74. The lowest BCUT2D eigenvalue weighted by Gasteiger charge is -2.07. The van der Waals surface area contributed by atoms with Crippen molar-refractivity contribution in [3.05, 3.63) is 54.1 Å². The molecule has 0 aliphatic rings. The van der Waals surface area contributed by atoms with Crippen molar-refractivity contribution in [3.63, 3.8) is 0 Å². The first-order valence-electron chi connectivity index (χ1n) is 7.28. The summed E-state index contributed by atoms with van der Waals surface area (Å²) in [7, 11) is 1.56. The summed E-state index contributed by atoms with van der Waals surface area (Å²) in [6, 6.07) is 14.2. The maximum Gasteiger partial charge on any atom is 0.311 e. The van der Waals surface area contributed by atoms with Gasteiger partial charge in [-0.1, -0.05) is 23.8 Å². The van der Waals surface area contributed by atoms with Gasteiger partial charge in [-0.05, 0) is 31.2 Å². The number of amides is 1. The van der Waals surface area contributed by atoms with Gasteiger partial charge in [-0.25, -0.2) is 0 Å². The molecule has 1 amide bonds. The first kappa shape index (κ1) is 16.5. The van der Waals surface area contributed by atoms with E-state index in [1.54, 1.807) is 43.5 Å². The Balaban J connectivity index is 1.79. The normalized spacial score (nSPS) is 10.0. The molecule has 0 saturated carbocycles. The Hall–Kier alpha value is -2.82. The first-order valence-corrected chi connectivity index (χ1v) is 7.28. The van der Waals surface area contributed by atoms with Crippen molar-refractivity contribution >= 4 is 17.6 Å². The number of nitrogens with one attached hydrogen (secondary N) is 1. The zero-order chi connectivity index (χ0) is 16.7.